The SMILES string of the molecule is CCCC/C=C\CCCCCCCC(=O)O[C@H](COC(=O)CC/C=C\C/C=C\C/C=C\C/C=C\C/C=C\CCCCC)COC(=O)CCCCCCCCCCCCCCCCC. The lowest BCUT2D eigenvalue weighted by molar-refractivity contribution is -0.166. The summed E-state index contributed by atoms with van der Waals surface area (Å²) in [6.45, 7) is 6.51. The fourth-order valence-corrected chi connectivity index (χ4v) is 7.17. The largest absolute Gasteiger partial charge is 0.462 e. The molecule has 0 radical (unpaired) electrons. The molecule has 0 aliphatic heterocycles. The number of rotatable bonds is 47. The lowest BCUT2D eigenvalue weighted by Crippen LogP contribution is -2.30. The zero-order valence-electron chi connectivity index (χ0n) is 41.3. The second kappa shape index (κ2) is 51.5. The summed E-state index contributed by atoms with van der Waals surface area (Å²) in [6.07, 6.45) is 64.7. The van der Waals surface area contributed by atoms with Crippen LogP contribution in [-0.2, 0) is 28.6 Å². The molecule has 0 N–H and O–H groups in total. The number of hydrogen-bond donors (Lipinski definition) is 0. The molecule has 0 bridgehead atoms. The maximum absolute atomic E-state index is 12.8. The average molecular weight is 879 g/mol. The Kier molecular flexibility index (Phi) is 48.9. The number of carbonyl (C=O) groups excluding carboxylic acids is 3. The van der Waals surface area contributed by atoms with Crippen molar-refractivity contribution in [2.45, 2.75) is 258 Å². The Labute approximate surface area is 389 Å². The standard InChI is InChI=1S/C57H98O6/c1-4-7-10-13-16-19-22-24-26-27-28-29-31-33-36-38-41-44-47-50-56(59)62-53-54(63-57(60)51-48-45-42-39-34-21-18-15-12-9-6-3)52-61-55(58)49-46-43-40-37-35-32-30-25-23-20-17-14-11-8-5-2/h15-16,18-19,24,26,28-29,33,36,41,44,54H,4-14,17,20-23,25,27,30-32,34-35,37-40,42-43,45-53H2,1-3H3/b18-15-,19-16-,26-24-,29-28-,36-33-,44-41-/t54-/m0/s1. The molecule has 0 spiro atoms. The Balaban J connectivity index is 4.45. The van der Waals surface area contributed by atoms with Gasteiger partial charge in [0.2, 0.25) is 0 Å². The molecule has 6 nitrogen and oxygen atoms in total. The fourth-order valence-electron chi connectivity index (χ4n) is 7.17. The topological polar surface area (TPSA) is 78.9 Å². The van der Waals surface area contributed by atoms with Crippen LogP contribution in [0.2, 0.25) is 0 Å². The first-order valence-corrected chi connectivity index (χ1v) is 26.4. The summed E-state index contributed by atoms with van der Waals surface area (Å²) in [5, 5.41) is 0. The molecule has 362 valence electrons. The van der Waals surface area contributed by atoms with Gasteiger partial charge in [-0.25, -0.2) is 0 Å². The van der Waals surface area contributed by atoms with E-state index < -0.39 is 6.10 Å². The van der Waals surface area contributed by atoms with Gasteiger partial charge in [-0.3, -0.25) is 14.4 Å². The zero-order valence-corrected chi connectivity index (χ0v) is 41.3. The minimum Gasteiger partial charge on any atom is -0.462 e. The molecule has 0 aliphatic rings. The molecule has 0 saturated carbocycles. The molecule has 1 atom stereocenters. The highest BCUT2D eigenvalue weighted by molar-refractivity contribution is 5.71. The smallest absolute Gasteiger partial charge is 0.306 e. The third-order valence-corrected chi connectivity index (χ3v) is 11.2. The highest BCUT2D eigenvalue weighted by atomic mass is 16.6. The summed E-state index contributed by atoms with van der Waals surface area (Å²) in [4.78, 5) is 37.9. The molecule has 0 aromatic carbocycles. The van der Waals surface area contributed by atoms with E-state index in [1.54, 1.807) is 0 Å². The van der Waals surface area contributed by atoms with E-state index in [2.05, 4.69) is 87.6 Å². The van der Waals surface area contributed by atoms with Gasteiger partial charge in [-0.1, -0.05) is 229 Å². The Bertz CT molecular complexity index is 1190. The van der Waals surface area contributed by atoms with Crippen LogP contribution < -0.4 is 0 Å². The molecule has 0 saturated heterocycles. The molecule has 0 aromatic heterocycles. The van der Waals surface area contributed by atoms with E-state index in [9.17, 15) is 14.4 Å². The molecular formula is C57H98O6. The average Bonchev–Trinajstić information content (AvgIpc) is 3.28. The number of esters is 3. The van der Waals surface area contributed by atoms with Crippen LogP contribution in [0.3, 0.4) is 0 Å². The molecule has 0 aromatic rings. The summed E-state index contributed by atoms with van der Waals surface area (Å²) >= 11 is 0. The number of hydrogen-bond acceptors (Lipinski definition) is 6. The Hall–Kier alpha value is -3.15. The molecule has 6 heteroatoms. The Morgan fingerprint density at radius 1 is 0.317 bits per heavy atom. The van der Waals surface area contributed by atoms with Gasteiger partial charge in [0.15, 0.2) is 6.10 Å². The monoisotopic (exact) mass is 879 g/mol. The third kappa shape index (κ3) is 49.7. The molecule has 0 heterocycles. The van der Waals surface area contributed by atoms with Crippen LogP contribution in [0.4, 0.5) is 0 Å². The molecule has 0 fully saturated rings. The van der Waals surface area contributed by atoms with E-state index in [-0.39, 0.29) is 37.5 Å². The van der Waals surface area contributed by atoms with E-state index in [0.29, 0.717) is 19.3 Å². The first kappa shape index (κ1) is 59.9. The number of carbonyl (C=O) groups is 3. The van der Waals surface area contributed by atoms with Crippen LogP contribution in [0.1, 0.15) is 252 Å². The van der Waals surface area contributed by atoms with Gasteiger partial charge in [0.05, 0.1) is 0 Å². The fraction of sp³-hybridized carbons (Fsp3) is 0.737. The van der Waals surface area contributed by atoms with Crippen LogP contribution in [0.5, 0.6) is 0 Å². The van der Waals surface area contributed by atoms with E-state index in [0.717, 1.165) is 77.0 Å². The third-order valence-electron chi connectivity index (χ3n) is 11.2. The second-order valence-electron chi connectivity index (χ2n) is 17.4. The summed E-state index contributed by atoms with van der Waals surface area (Å²) in [7, 11) is 0. The Morgan fingerprint density at radius 3 is 1.08 bits per heavy atom. The first-order valence-electron chi connectivity index (χ1n) is 26.4. The van der Waals surface area contributed by atoms with Crippen molar-refractivity contribution in [3.05, 3.63) is 72.9 Å². The highest BCUT2D eigenvalue weighted by Gasteiger charge is 2.19. The van der Waals surface area contributed by atoms with Gasteiger partial charge in [-0.15, -0.1) is 0 Å². The van der Waals surface area contributed by atoms with Crippen LogP contribution in [-0.4, -0.2) is 37.2 Å². The van der Waals surface area contributed by atoms with Crippen LogP contribution in [0, 0.1) is 0 Å². The summed E-state index contributed by atoms with van der Waals surface area (Å²) in [5.41, 5.74) is 0. The lowest BCUT2D eigenvalue weighted by atomic mass is 10.0. The van der Waals surface area contributed by atoms with Gasteiger partial charge >= 0.3 is 17.9 Å². The van der Waals surface area contributed by atoms with Gasteiger partial charge in [-0.2, -0.15) is 0 Å². The van der Waals surface area contributed by atoms with Gasteiger partial charge in [0.1, 0.15) is 13.2 Å². The van der Waals surface area contributed by atoms with E-state index >= 15 is 0 Å². The lowest BCUT2D eigenvalue weighted by Gasteiger charge is -2.18. The summed E-state index contributed by atoms with van der Waals surface area (Å²) in [6, 6.07) is 0. The van der Waals surface area contributed by atoms with Crippen molar-refractivity contribution in [1.82, 2.24) is 0 Å². The molecular weight excluding hydrogens is 781 g/mol. The normalized spacial score (nSPS) is 12.6. The maximum Gasteiger partial charge on any atom is 0.306 e. The minimum atomic E-state index is -0.807. The summed E-state index contributed by atoms with van der Waals surface area (Å²) < 4.78 is 16.7. The van der Waals surface area contributed by atoms with Crippen LogP contribution in [0.15, 0.2) is 72.9 Å². The van der Waals surface area contributed by atoms with E-state index in [1.807, 2.05) is 6.08 Å². The number of allylic oxidation sites excluding steroid dienone is 12. The van der Waals surface area contributed by atoms with Gasteiger partial charge in [0.25, 0.3) is 0 Å². The van der Waals surface area contributed by atoms with Crippen LogP contribution in [0.25, 0.3) is 0 Å². The molecule has 0 rings (SSSR count). The zero-order chi connectivity index (χ0) is 45.8. The highest BCUT2D eigenvalue weighted by Crippen LogP contribution is 2.15. The number of unbranched alkanes of at least 4 members (excludes halogenated alkanes) is 24. The first-order chi connectivity index (χ1) is 31.0. The predicted molar refractivity (Wildman–Crippen MR) is 270 cm³/mol. The van der Waals surface area contributed by atoms with Crippen molar-refractivity contribution in [2.24, 2.45) is 0 Å². The quantitative estimate of drug-likeness (QED) is 0.0262. The summed E-state index contributed by atoms with van der Waals surface area (Å²) in [5.74, 6) is -0.993. The van der Waals surface area contributed by atoms with Crippen LogP contribution >= 0.6 is 0 Å². The maximum atomic E-state index is 12.8. The molecule has 0 aliphatic carbocycles. The van der Waals surface area contributed by atoms with Crippen molar-refractivity contribution in [3.8, 4) is 0 Å². The van der Waals surface area contributed by atoms with Gasteiger partial charge in [-0.05, 0) is 77.0 Å². The van der Waals surface area contributed by atoms with Gasteiger partial charge < -0.3 is 14.2 Å². The van der Waals surface area contributed by atoms with Crippen molar-refractivity contribution >= 4 is 17.9 Å². The van der Waals surface area contributed by atoms with E-state index in [4.69, 9.17) is 14.2 Å². The molecule has 0 amide bonds. The van der Waals surface area contributed by atoms with Crippen molar-refractivity contribution in [2.75, 3.05) is 13.2 Å². The van der Waals surface area contributed by atoms with E-state index in [1.165, 1.54) is 128 Å². The van der Waals surface area contributed by atoms with Gasteiger partial charge in [0, 0.05) is 19.3 Å². The molecule has 63 heavy (non-hydrogen) atoms. The molecule has 0 unspecified atom stereocenters. The Morgan fingerprint density at radius 2 is 0.619 bits per heavy atom. The number of ether oxygens (including phenoxy) is 3. The van der Waals surface area contributed by atoms with Crippen molar-refractivity contribution in [1.29, 1.82) is 0 Å². The van der Waals surface area contributed by atoms with Crippen molar-refractivity contribution in [3.63, 3.8) is 0 Å². The second-order valence-corrected chi connectivity index (χ2v) is 17.4. The van der Waals surface area contributed by atoms with Crippen molar-refractivity contribution < 1.29 is 28.6 Å². The minimum absolute atomic E-state index is 0.0999. The predicted octanol–water partition coefficient (Wildman–Crippen LogP) is 17.4.